The molecule has 0 saturated carbocycles. The standard InChI is InChI=1S/Ca.HNO3.H2O.2H/c;2-1(3)4;;;/h;(H,2,3,4);1H2;;. The second-order valence-corrected chi connectivity index (χ2v) is 0.238. The second kappa shape index (κ2) is 9.05. The molecule has 0 bridgehead atoms. The van der Waals surface area contributed by atoms with Crippen molar-refractivity contribution in [3.8, 4) is 0 Å². The van der Waals surface area contributed by atoms with Gasteiger partial charge in [0.1, 0.15) is 0 Å². The van der Waals surface area contributed by atoms with E-state index in [1.54, 1.807) is 0 Å². The first-order valence-corrected chi connectivity index (χ1v) is 0.565. The predicted octanol–water partition coefficient (Wildman–Crippen LogP) is -2.09. The first-order valence-electron chi connectivity index (χ1n) is 0.565. The van der Waals surface area contributed by atoms with Crippen molar-refractivity contribution in [2.24, 2.45) is 0 Å². The molecule has 3 N–H and O–H groups in total. The van der Waals surface area contributed by atoms with E-state index in [4.69, 9.17) is 15.3 Å². The topological polar surface area (TPSA) is 94.9 Å². The van der Waals surface area contributed by atoms with Crippen molar-refractivity contribution in [2.75, 3.05) is 0 Å². The summed E-state index contributed by atoms with van der Waals surface area (Å²) in [6.07, 6.45) is 0. The summed E-state index contributed by atoms with van der Waals surface area (Å²) in [6, 6.07) is 0. The maximum absolute atomic E-state index is 8.36. The van der Waals surface area contributed by atoms with Crippen LogP contribution in [-0.4, -0.2) is 53.5 Å². The molecule has 6 heavy (non-hydrogen) atoms. The van der Waals surface area contributed by atoms with Crippen LogP contribution in [0.3, 0.4) is 0 Å². The minimum atomic E-state index is -1.50. The molecular formula is H5CaNO4. The van der Waals surface area contributed by atoms with Crippen LogP contribution < -0.4 is 0 Å². The molecule has 0 amide bonds. The Hall–Kier alpha value is 0.420. The fourth-order valence-electron chi connectivity index (χ4n) is 0. The summed E-state index contributed by atoms with van der Waals surface area (Å²) in [4.78, 5) is 8.36. The third kappa shape index (κ3) is 293. The van der Waals surface area contributed by atoms with Gasteiger partial charge in [-0.05, 0) is 0 Å². The van der Waals surface area contributed by atoms with Gasteiger partial charge in [-0.3, -0.25) is 0 Å². The quantitative estimate of drug-likeness (QED) is 0.227. The number of hydrogen-bond donors (Lipinski definition) is 1. The van der Waals surface area contributed by atoms with E-state index in [1.165, 1.54) is 0 Å². The van der Waals surface area contributed by atoms with Crippen LogP contribution in [0.1, 0.15) is 0 Å². The summed E-state index contributed by atoms with van der Waals surface area (Å²) in [5.74, 6) is 0. The fraction of sp³-hybridized carbons (Fsp3) is 0. The van der Waals surface area contributed by atoms with Gasteiger partial charge >= 0.3 is 37.7 Å². The molecule has 0 aromatic heterocycles. The van der Waals surface area contributed by atoms with Crippen LogP contribution in [0.2, 0.25) is 0 Å². The molecular weight excluding hydrogens is 118 g/mol. The van der Waals surface area contributed by atoms with Crippen LogP contribution in [0.15, 0.2) is 0 Å². The monoisotopic (exact) mass is 123 g/mol. The van der Waals surface area contributed by atoms with Gasteiger partial charge in [0.25, 0.3) is 5.09 Å². The van der Waals surface area contributed by atoms with Crippen LogP contribution in [0, 0.1) is 10.1 Å². The molecule has 36 valence electrons. The second-order valence-electron chi connectivity index (χ2n) is 0.238. The summed E-state index contributed by atoms with van der Waals surface area (Å²) in [6.45, 7) is 0. The predicted molar refractivity (Wildman–Crippen MR) is 20.9 cm³/mol. The van der Waals surface area contributed by atoms with Crippen LogP contribution in [0.5, 0.6) is 0 Å². The molecule has 5 nitrogen and oxygen atoms in total. The molecule has 0 aliphatic carbocycles. The number of rotatable bonds is 0. The average molecular weight is 123 g/mol. The molecule has 0 fully saturated rings. The number of nitrogens with zero attached hydrogens (tertiary/aromatic N) is 1. The van der Waals surface area contributed by atoms with Crippen molar-refractivity contribution in [3.05, 3.63) is 10.1 Å². The van der Waals surface area contributed by atoms with Crippen molar-refractivity contribution in [3.63, 3.8) is 0 Å². The minimum absolute atomic E-state index is 0. The molecule has 0 aromatic carbocycles. The third-order valence-electron chi connectivity index (χ3n) is 0. The van der Waals surface area contributed by atoms with E-state index in [-0.39, 0.29) is 43.2 Å². The SMILES string of the molecule is O.O=[N+]([O-])O.[CaH2]. The van der Waals surface area contributed by atoms with Crippen LogP contribution >= 0.6 is 0 Å². The van der Waals surface area contributed by atoms with Crippen molar-refractivity contribution in [1.82, 2.24) is 0 Å². The van der Waals surface area contributed by atoms with Crippen molar-refractivity contribution in [1.29, 1.82) is 0 Å². The molecule has 0 spiro atoms. The van der Waals surface area contributed by atoms with Gasteiger partial charge in [0.2, 0.25) is 0 Å². The Morgan fingerprint density at radius 2 is 1.67 bits per heavy atom. The first-order chi connectivity index (χ1) is 1.73. The van der Waals surface area contributed by atoms with Gasteiger partial charge in [0.15, 0.2) is 0 Å². The van der Waals surface area contributed by atoms with Crippen molar-refractivity contribution >= 4 is 37.7 Å². The summed E-state index contributed by atoms with van der Waals surface area (Å²) >= 11 is 0. The molecule has 0 radical (unpaired) electrons. The van der Waals surface area contributed by atoms with E-state index in [1.807, 2.05) is 0 Å². The molecule has 0 unspecified atom stereocenters. The molecule has 0 atom stereocenters. The normalized spacial score (nSPS) is 4.00. The van der Waals surface area contributed by atoms with E-state index in [0.717, 1.165) is 0 Å². The zero-order valence-corrected chi connectivity index (χ0v) is 2.21. The Morgan fingerprint density at radius 3 is 1.67 bits per heavy atom. The summed E-state index contributed by atoms with van der Waals surface area (Å²) < 4.78 is 0. The zero-order valence-electron chi connectivity index (χ0n) is 2.21. The summed E-state index contributed by atoms with van der Waals surface area (Å²) in [5, 5.41) is 13.6. The fourth-order valence-corrected chi connectivity index (χ4v) is 0. The van der Waals surface area contributed by atoms with Gasteiger partial charge in [-0.15, -0.1) is 10.1 Å². The van der Waals surface area contributed by atoms with E-state index in [9.17, 15) is 0 Å². The summed E-state index contributed by atoms with van der Waals surface area (Å²) in [5.41, 5.74) is 0. The zero-order chi connectivity index (χ0) is 3.58. The molecule has 0 aliphatic rings. The van der Waals surface area contributed by atoms with E-state index in [0.29, 0.717) is 0 Å². The average Bonchev–Trinajstić information content (AvgIpc) is 0.811. The van der Waals surface area contributed by atoms with Gasteiger partial charge in [-0.2, -0.15) is 0 Å². The number of hydrogen-bond acceptors (Lipinski definition) is 2. The van der Waals surface area contributed by atoms with E-state index in [2.05, 4.69) is 0 Å². The van der Waals surface area contributed by atoms with Crippen LogP contribution in [-0.2, 0) is 0 Å². The Kier molecular flexibility index (Phi) is 24.3. The molecule has 0 rings (SSSR count). The van der Waals surface area contributed by atoms with E-state index >= 15 is 0 Å². The van der Waals surface area contributed by atoms with Gasteiger partial charge in [0, 0.05) is 0 Å². The Morgan fingerprint density at radius 1 is 1.67 bits per heavy atom. The van der Waals surface area contributed by atoms with Crippen LogP contribution in [0.25, 0.3) is 0 Å². The molecule has 0 aromatic rings. The Labute approximate surface area is 63.4 Å². The molecule has 0 saturated heterocycles. The summed E-state index contributed by atoms with van der Waals surface area (Å²) in [7, 11) is 0. The first kappa shape index (κ1) is 16.1. The molecule has 6 heteroatoms. The van der Waals surface area contributed by atoms with Gasteiger partial charge < -0.3 is 10.7 Å². The third-order valence-corrected chi connectivity index (χ3v) is 0. The Balaban J connectivity index is -0.0000000450. The van der Waals surface area contributed by atoms with Crippen LogP contribution in [0.4, 0.5) is 0 Å². The van der Waals surface area contributed by atoms with Gasteiger partial charge in [0.05, 0.1) is 0 Å². The maximum atomic E-state index is 8.36. The van der Waals surface area contributed by atoms with Gasteiger partial charge in [-0.1, -0.05) is 0 Å². The molecule has 0 aliphatic heterocycles. The Bertz CT molecular complexity index is 30.5. The van der Waals surface area contributed by atoms with E-state index < -0.39 is 5.09 Å². The van der Waals surface area contributed by atoms with Crippen molar-refractivity contribution in [2.45, 2.75) is 0 Å². The molecule has 0 heterocycles. The van der Waals surface area contributed by atoms with Crippen molar-refractivity contribution < 1.29 is 15.8 Å². The van der Waals surface area contributed by atoms with Gasteiger partial charge in [-0.25, -0.2) is 0 Å².